The fourth-order valence-corrected chi connectivity index (χ4v) is 3.39. The maximum absolute atomic E-state index is 12.2. The molecule has 26 heavy (non-hydrogen) atoms. The maximum atomic E-state index is 12.2. The van der Waals surface area contributed by atoms with Crippen LogP contribution in [0.25, 0.3) is 11.0 Å². The van der Waals surface area contributed by atoms with Gasteiger partial charge in [0.1, 0.15) is 5.65 Å². The molecule has 8 heteroatoms. The summed E-state index contributed by atoms with van der Waals surface area (Å²) < 4.78 is 1.69. The molecule has 3 N–H and O–H groups in total. The molecule has 0 radical (unpaired) electrons. The van der Waals surface area contributed by atoms with Gasteiger partial charge in [-0.1, -0.05) is 6.92 Å². The molecule has 8 nitrogen and oxygen atoms in total. The minimum atomic E-state index is -0.585. The lowest BCUT2D eigenvalue weighted by atomic mass is 10.1. The van der Waals surface area contributed by atoms with Crippen molar-refractivity contribution in [2.75, 3.05) is 25.0 Å². The topological polar surface area (TPSA) is 95.3 Å². The Bertz CT molecular complexity index is 798. The average molecular weight is 360 g/mol. The van der Waals surface area contributed by atoms with Gasteiger partial charge in [-0.3, -0.25) is 19.6 Å². The lowest BCUT2D eigenvalue weighted by Crippen LogP contribution is -2.50. The molecular formula is C18H28N6O2. The number of nitrogens with zero attached hydrogens (tertiary/aromatic N) is 4. The van der Waals surface area contributed by atoms with Crippen LogP contribution in [0, 0.1) is 0 Å². The number of piperidine rings is 1. The van der Waals surface area contributed by atoms with Gasteiger partial charge >= 0.3 is 0 Å². The number of rotatable bonds is 6. The first-order valence-electron chi connectivity index (χ1n) is 9.30. The molecule has 0 bridgehead atoms. The van der Waals surface area contributed by atoms with Crippen molar-refractivity contribution in [3.63, 3.8) is 0 Å². The first-order chi connectivity index (χ1) is 12.5. The van der Waals surface area contributed by atoms with Crippen LogP contribution in [0.2, 0.25) is 0 Å². The van der Waals surface area contributed by atoms with Crippen molar-refractivity contribution < 1.29 is 5.11 Å². The third-order valence-corrected chi connectivity index (χ3v) is 4.78. The Balaban J connectivity index is 1.72. The number of anilines is 1. The van der Waals surface area contributed by atoms with E-state index < -0.39 is 6.35 Å². The van der Waals surface area contributed by atoms with E-state index in [-0.39, 0.29) is 17.6 Å². The van der Waals surface area contributed by atoms with E-state index in [0.29, 0.717) is 11.6 Å². The predicted octanol–water partition coefficient (Wildman–Crippen LogP) is 1.13. The number of hydrogen-bond acceptors (Lipinski definition) is 7. The number of aliphatic hydroxyl groups excluding tert-OH is 1. The van der Waals surface area contributed by atoms with E-state index in [1.54, 1.807) is 22.9 Å². The quantitative estimate of drug-likeness (QED) is 0.665. The zero-order chi connectivity index (χ0) is 18.7. The molecule has 1 atom stereocenters. The normalized spacial score (nSPS) is 17.7. The molecule has 0 spiro atoms. The van der Waals surface area contributed by atoms with E-state index in [4.69, 9.17) is 0 Å². The molecule has 1 aliphatic heterocycles. The first-order valence-corrected chi connectivity index (χ1v) is 9.30. The SMILES string of the molecule is CCNC(O)N1CCC(Nc2ncc3ccc(=O)n(C(C)C)c3n2)CC1. The van der Waals surface area contributed by atoms with Gasteiger partial charge in [0.2, 0.25) is 5.95 Å². The molecule has 0 aliphatic carbocycles. The van der Waals surface area contributed by atoms with Crippen LogP contribution in [0.15, 0.2) is 23.1 Å². The monoisotopic (exact) mass is 360 g/mol. The molecule has 142 valence electrons. The molecule has 1 fully saturated rings. The fourth-order valence-electron chi connectivity index (χ4n) is 3.39. The highest BCUT2D eigenvalue weighted by Gasteiger charge is 2.23. The van der Waals surface area contributed by atoms with E-state index in [1.807, 2.05) is 25.7 Å². The second-order valence-corrected chi connectivity index (χ2v) is 6.99. The molecule has 0 amide bonds. The number of pyridine rings is 1. The Labute approximate surface area is 153 Å². The summed E-state index contributed by atoms with van der Waals surface area (Å²) in [5, 5.41) is 17.3. The summed E-state index contributed by atoms with van der Waals surface area (Å²) in [6.45, 7) is 8.27. The highest BCUT2D eigenvalue weighted by molar-refractivity contribution is 5.75. The number of nitrogens with one attached hydrogen (secondary N) is 2. The molecule has 2 aromatic heterocycles. The van der Waals surface area contributed by atoms with Crippen molar-refractivity contribution in [3.8, 4) is 0 Å². The molecule has 1 saturated heterocycles. The summed E-state index contributed by atoms with van der Waals surface area (Å²) in [6.07, 6.45) is 2.97. The molecule has 2 aromatic rings. The highest BCUT2D eigenvalue weighted by atomic mass is 16.3. The Hall–Kier alpha value is -2.03. The zero-order valence-electron chi connectivity index (χ0n) is 15.6. The van der Waals surface area contributed by atoms with Gasteiger partial charge < -0.3 is 10.4 Å². The largest absolute Gasteiger partial charge is 0.365 e. The fraction of sp³-hybridized carbons (Fsp3) is 0.611. The van der Waals surface area contributed by atoms with E-state index in [9.17, 15) is 9.90 Å². The Kier molecular flexibility index (Phi) is 5.85. The van der Waals surface area contributed by atoms with Gasteiger partial charge in [-0.15, -0.1) is 0 Å². The van der Waals surface area contributed by atoms with E-state index in [0.717, 1.165) is 37.9 Å². The molecule has 1 unspecified atom stereocenters. The van der Waals surface area contributed by atoms with Gasteiger partial charge in [-0.05, 0) is 39.3 Å². The lowest BCUT2D eigenvalue weighted by molar-refractivity contribution is -0.0322. The van der Waals surface area contributed by atoms with Gasteiger partial charge in [0, 0.05) is 42.8 Å². The van der Waals surface area contributed by atoms with Crippen LogP contribution in [0.1, 0.15) is 39.7 Å². The Morgan fingerprint density at radius 2 is 2.04 bits per heavy atom. The van der Waals surface area contributed by atoms with Crippen LogP contribution in [-0.4, -0.2) is 56.6 Å². The Morgan fingerprint density at radius 1 is 1.31 bits per heavy atom. The van der Waals surface area contributed by atoms with Crippen LogP contribution >= 0.6 is 0 Å². The van der Waals surface area contributed by atoms with Gasteiger partial charge in [0.25, 0.3) is 5.56 Å². The van der Waals surface area contributed by atoms with Gasteiger partial charge in [-0.25, -0.2) is 4.98 Å². The average Bonchev–Trinajstić information content (AvgIpc) is 2.62. The smallest absolute Gasteiger partial charge is 0.252 e. The minimum absolute atomic E-state index is 0.0322. The van der Waals surface area contributed by atoms with Crippen LogP contribution in [-0.2, 0) is 0 Å². The molecule has 0 aromatic carbocycles. The van der Waals surface area contributed by atoms with E-state index >= 15 is 0 Å². The molecule has 0 saturated carbocycles. The number of likely N-dealkylation sites (tertiary alicyclic amines) is 1. The second-order valence-electron chi connectivity index (χ2n) is 6.99. The number of aromatic nitrogens is 3. The first kappa shape index (κ1) is 18.8. The summed E-state index contributed by atoms with van der Waals surface area (Å²) >= 11 is 0. The van der Waals surface area contributed by atoms with Gasteiger partial charge in [0.05, 0.1) is 0 Å². The summed E-state index contributed by atoms with van der Waals surface area (Å²) in [4.78, 5) is 23.2. The second kappa shape index (κ2) is 8.11. The van der Waals surface area contributed by atoms with Gasteiger partial charge in [0.15, 0.2) is 6.35 Å². The summed E-state index contributed by atoms with van der Waals surface area (Å²) in [7, 11) is 0. The van der Waals surface area contributed by atoms with Gasteiger partial charge in [-0.2, -0.15) is 4.98 Å². The number of aliphatic hydroxyl groups is 1. The highest BCUT2D eigenvalue weighted by Crippen LogP contribution is 2.18. The maximum Gasteiger partial charge on any atom is 0.252 e. The van der Waals surface area contributed by atoms with Crippen LogP contribution in [0.4, 0.5) is 5.95 Å². The third-order valence-electron chi connectivity index (χ3n) is 4.78. The van der Waals surface area contributed by atoms with E-state index in [2.05, 4.69) is 20.6 Å². The van der Waals surface area contributed by atoms with Crippen molar-refractivity contribution in [1.29, 1.82) is 0 Å². The minimum Gasteiger partial charge on any atom is -0.365 e. The standard InChI is InChI=1S/C18H28N6O2/c1-4-19-18(26)23-9-7-14(8-10-23)21-17-20-11-13-5-6-15(25)24(12(2)3)16(13)22-17/h5-6,11-12,14,18-19,26H,4,7-10H2,1-3H3,(H,20,21,22). The summed E-state index contributed by atoms with van der Waals surface area (Å²) in [5.41, 5.74) is 0.605. The summed E-state index contributed by atoms with van der Waals surface area (Å²) in [6, 6.07) is 3.61. The number of fused-ring (bicyclic) bond motifs is 1. The number of hydrogen-bond donors (Lipinski definition) is 3. The van der Waals surface area contributed by atoms with E-state index in [1.165, 1.54) is 0 Å². The zero-order valence-corrected chi connectivity index (χ0v) is 15.6. The van der Waals surface area contributed by atoms with Crippen molar-refractivity contribution in [2.45, 2.75) is 52.0 Å². The Morgan fingerprint density at radius 3 is 2.69 bits per heavy atom. The van der Waals surface area contributed by atoms with Crippen molar-refractivity contribution in [1.82, 2.24) is 24.8 Å². The van der Waals surface area contributed by atoms with Crippen molar-refractivity contribution in [3.05, 3.63) is 28.7 Å². The van der Waals surface area contributed by atoms with Crippen LogP contribution in [0.5, 0.6) is 0 Å². The van der Waals surface area contributed by atoms with Crippen molar-refractivity contribution in [2.24, 2.45) is 0 Å². The summed E-state index contributed by atoms with van der Waals surface area (Å²) in [5.74, 6) is 0.545. The lowest BCUT2D eigenvalue weighted by Gasteiger charge is -2.35. The molecule has 1 aliphatic rings. The molecule has 3 rings (SSSR count). The van der Waals surface area contributed by atoms with Crippen molar-refractivity contribution >= 4 is 17.0 Å². The predicted molar refractivity (Wildman–Crippen MR) is 102 cm³/mol. The third kappa shape index (κ3) is 4.03. The molecule has 3 heterocycles. The molecular weight excluding hydrogens is 332 g/mol. The van der Waals surface area contributed by atoms with Crippen LogP contribution < -0.4 is 16.2 Å². The van der Waals surface area contributed by atoms with Crippen LogP contribution in [0.3, 0.4) is 0 Å².